The van der Waals surface area contributed by atoms with Gasteiger partial charge in [-0.1, -0.05) is 42.5 Å². The van der Waals surface area contributed by atoms with Gasteiger partial charge in [0.2, 0.25) is 10.0 Å². The summed E-state index contributed by atoms with van der Waals surface area (Å²) in [5.74, 6) is 0. The molecule has 0 N–H and O–H groups in total. The van der Waals surface area contributed by atoms with E-state index in [1.807, 2.05) is 60.8 Å². The van der Waals surface area contributed by atoms with E-state index in [0.717, 1.165) is 27.0 Å². The fourth-order valence-corrected chi connectivity index (χ4v) is 6.78. The molecule has 1 aliphatic heterocycles. The Morgan fingerprint density at radius 3 is 2.41 bits per heavy atom. The van der Waals surface area contributed by atoms with Crippen molar-refractivity contribution in [3.63, 3.8) is 0 Å². The quantitative estimate of drug-likeness (QED) is 0.267. The van der Waals surface area contributed by atoms with E-state index in [0.29, 0.717) is 42.6 Å². The molecule has 194 valence electrons. The molecule has 1 aliphatic rings. The molecule has 3 aromatic carbocycles. The highest BCUT2D eigenvalue weighted by molar-refractivity contribution is 7.89. The fraction of sp³-hybridized carbons (Fsp3) is 0.138. The molecule has 2 aromatic heterocycles. The van der Waals surface area contributed by atoms with Crippen LogP contribution in [0.25, 0.3) is 38.8 Å². The lowest BCUT2D eigenvalue weighted by Gasteiger charge is -2.26. The van der Waals surface area contributed by atoms with Gasteiger partial charge in [0.25, 0.3) is 0 Å². The maximum Gasteiger partial charge on any atom is 0.243 e. The second kappa shape index (κ2) is 10.6. The van der Waals surface area contributed by atoms with Crippen molar-refractivity contribution in [2.45, 2.75) is 4.90 Å². The van der Waals surface area contributed by atoms with Gasteiger partial charge < -0.3 is 4.74 Å². The fourth-order valence-electron chi connectivity index (χ4n) is 4.44. The number of benzene rings is 3. The number of sulfonamides is 1. The summed E-state index contributed by atoms with van der Waals surface area (Å²) in [6, 6.07) is 26.5. The van der Waals surface area contributed by atoms with E-state index in [1.54, 1.807) is 35.0 Å². The number of ether oxygens (including phenoxy) is 1. The van der Waals surface area contributed by atoms with E-state index in [9.17, 15) is 13.7 Å². The van der Waals surface area contributed by atoms with Crippen LogP contribution in [0.2, 0.25) is 0 Å². The lowest BCUT2D eigenvalue weighted by molar-refractivity contribution is 0.0730. The van der Waals surface area contributed by atoms with E-state index in [1.165, 1.54) is 15.6 Å². The standard InChI is InChI=1S/C29H23N5O3S2/c30-19-22(29-31-26-8-4-5-9-27(26)38-29)18-23-20-34(24-6-2-1-3-7-24)32-28(23)21-10-12-25(13-11-21)39(35,36)33-14-16-37-17-15-33/h1-13,18,20H,14-17H2/b22-18+. The Labute approximate surface area is 230 Å². The third kappa shape index (κ3) is 5.01. The summed E-state index contributed by atoms with van der Waals surface area (Å²) >= 11 is 1.46. The van der Waals surface area contributed by atoms with Crippen molar-refractivity contribution in [2.24, 2.45) is 0 Å². The number of thiazole rings is 1. The lowest BCUT2D eigenvalue weighted by Crippen LogP contribution is -2.40. The number of hydrogen-bond donors (Lipinski definition) is 0. The van der Waals surface area contributed by atoms with Crippen LogP contribution in [0.3, 0.4) is 0 Å². The normalized spacial score (nSPS) is 14.9. The first-order chi connectivity index (χ1) is 19.0. The molecule has 10 heteroatoms. The van der Waals surface area contributed by atoms with E-state index in [-0.39, 0.29) is 4.90 Å². The van der Waals surface area contributed by atoms with Crippen LogP contribution >= 0.6 is 11.3 Å². The number of morpholine rings is 1. The number of allylic oxidation sites excluding steroid dienone is 1. The van der Waals surface area contributed by atoms with Crippen molar-refractivity contribution >= 4 is 43.2 Å². The molecule has 0 unspecified atom stereocenters. The smallest absolute Gasteiger partial charge is 0.243 e. The minimum absolute atomic E-state index is 0.222. The lowest BCUT2D eigenvalue weighted by atomic mass is 10.1. The van der Waals surface area contributed by atoms with E-state index in [2.05, 4.69) is 11.1 Å². The molecule has 8 nitrogen and oxygen atoms in total. The SMILES string of the molecule is N#C/C(=C\c1cn(-c2ccccc2)nc1-c1ccc(S(=O)(=O)N2CCOCC2)cc1)c1nc2ccccc2s1. The third-order valence-electron chi connectivity index (χ3n) is 6.44. The Morgan fingerprint density at radius 2 is 1.69 bits per heavy atom. The van der Waals surface area contributed by atoms with Gasteiger partial charge in [-0.3, -0.25) is 0 Å². The predicted octanol–water partition coefficient (Wildman–Crippen LogP) is 5.23. The molecule has 1 saturated heterocycles. The van der Waals surface area contributed by atoms with E-state index in [4.69, 9.17) is 9.84 Å². The maximum absolute atomic E-state index is 13.1. The number of para-hydroxylation sites is 2. The van der Waals surface area contributed by atoms with Gasteiger partial charge in [0.15, 0.2) is 0 Å². The summed E-state index contributed by atoms with van der Waals surface area (Å²) in [7, 11) is -3.61. The van der Waals surface area contributed by atoms with Crippen LogP contribution in [0.15, 0.2) is 90.0 Å². The van der Waals surface area contributed by atoms with Crippen molar-refractivity contribution < 1.29 is 13.2 Å². The molecule has 0 bridgehead atoms. The monoisotopic (exact) mass is 553 g/mol. The summed E-state index contributed by atoms with van der Waals surface area (Å²) in [6.07, 6.45) is 3.66. The minimum Gasteiger partial charge on any atom is -0.379 e. The topological polar surface area (TPSA) is 101 Å². The summed E-state index contributed by atoms with van der Waals surface area (Å²) in [5, 5.41) is 15.5. The highest BCUT2D eigenvalue weighted by Gasteiger charge is 2.26. The largest absolute Gasteiger partial charge is 0.379 e. The average molecular weight is 554 g/mol. The van der Waals surface area contributed by atoms with Crippen LogP contribution in [0.4, 0.5) is 0 Å². The van der Waals surface area contributed by atoms with Crippen LogP contribution in [0, 0.1) is 11.3 Å². The van der Waals surface area contributed by atoms with Crippen molar-refractivity contribution in [2.75, 3.05) is 26.3 Å². The van der Waals surface area contributed by atoms with E-state index < -0.39 is 10.0 Å². The Balaban J connectivity index is 1.42. The number of rotatable bonds is 6. The number of fused-ring (bicyclic) bond motifs is 1. The molecule has 0 saturated carbocycles. The number of hydrogen-bond acceptors (Lipinski definition) is 7. The van der Waals surface area contributed by atoms with Gasteiger partial charge in [-0.15, -0.1) is 11.3 Å². The Kier molecular flexibility index (Phi) is 6.81. The van der Waals surface area contributed by atoms with E-state index >= 15 is 0 Å². The molecule has 1 fully saturated rings. The summed E-state index contributed by atoms with van der Waals surface area (Å²) in [4.78, 5) is 4.87. The summed E-state index contributed by atoms with van der Waals surface area (Å²) < 4.78 is 35.7. The van der Waals surface area contributed by atoms with Crippen LogP contribution in [0.1, 0.15) is 10.6 Å². The van der Waals surface area contributed by atoms with Gasteiger partial charge >= 0.3 is 0 Å². The first-order valence-electron chi connectivity index (χ1n) is 12.3. The molecule has 0 spiro atoms. The Morgan fingerprint density at radius 1 is 0.974 bits per heavy atom. The molecule has 5 aromatic rings. The first kappa shape index (κ1) is 25.2. The van der Waals surface area contributed by atoms with Crippen LogP contribution < -0.4 is 0 Å². The zero-order chi connectivity index (χ0) is 26.8. The van der Waals surface area contributed by atoms with Crippen molar-refractivity contribution in [3.05, 3.63) is 95.6 Å². The molecule has 39 heavy (non-hydrogen) atoms. The second-order valence-electron chi connectivity index (χ2n) is 8.91. The predicted molar refractivity (Wildman–Crippen MR) is 152 cm³/mol. The zero-order valence-corrected chi connectivity index (χ0v) is 22.4. The van der Waals surface area contributed by atoms with Gasteiger partial charge in [0.05, 0.1) is 45.3 Å². The number of nitriles is 1. The molecule has 0 aliphatic carbocycles. The molecule has 0 amide bonds. The van der Waals surface area contributed by atoms with Crippen molar-refractivity contribution in [3.8, 4) is 23.0 Å². The average Bonchev–Trinajstić information content (AvgIpc) is 3.61. The Hall–Kier alpha value is -4.14. The molecular weight excluding hydrogens is 530 g/mol. The molecular formula is C29H23N5O3S2. The van der Waals surface area contributed by atoms with Crippen molar-refractivity contribution in [1.82, 2.24) is 19.1 Å². The maximum atomic E-state index is 13.1. The zero-order valence-electron chi connectivity index (χ0n) is 20.8. The number of nitrogens with zero attached hydrogens (tertiary/aromatic N) is 5. The van der Waals surface area contributed by atoms with Gasteiger partial charge in [-0.2, -0.15) is 14.7 Å². The van der Waals surface area contributed by atoms with Crippen LogP contribution in [-0.4, -0.2) is 53.8 Å². The van der Waals surface area contributed by atoms with Crippen LogP contribution in [-0.2, 0) is 14.8 Å². The highest BCUT2D eigenvalue weighted by atomic mass is 32.2. The van der Waals surface area contributed by atoms with Gasteiger partial charge in [-0.25, -0.2) is 18.1 Å². The molecule has 6 rings (SSSR count). The second-order valence-corrected chi connectivity index (χ2v) is 11.9. The molecule has 0 radical (unpaired) electrons. The summed E-state index contributed by atoms with van der Waals surface area (Å²) in [6.45, 7) is 1.45. The number of aromatic nitrogens is 3. The molecule has 3 heterocycles. The van der Waals surface area contributed by atoms with Gasteiger partial charge in [0.1, 0.15) is 11.1 Å². The third-order valence-corrected chi connectivity index (χ3v) is 9.43. The first-order valence-corrected chi connectivity index (χ1v) is 14.6. The van der Waals surface area contributed by atoms with Crippen molar-refractivity contribution in [1.29, 1.82) is 5.26 Å². The Bertz CT molecular complexity index is 1780. The minimum atomic E-state index is -3.61. The van der Waals surface area contributed by atoms with Gasteiger partial charge in [-0.05, 0) is 42.5 Å². The highest BCUT2D eigenvalue weighted by Crippen LogP contribution is 2.32. The summed E-state index contributed by atoms with van der Waals surface area (Å²) in [5.41, 5.74) is 4.22. The van der Waals surface area contributed by atoms with Gasteiger partial charge in [0, 0.05) is 30.4 Å². The van der Waals surface area contributed by atoms with Crippen LogP contribution in [0.5, 0.6) is 0 Å². The molecule has 0 atom stereocenters.